The van der Waals surface area contributed by atoms with Crippen LogP contribution in [0.3, 0.4) is 0 Å². The number of hydrogen-bond acceptors (Lipinski definition) is 5. The second kappa shape index (κ2) is 10.2. The lowest BCUT2D eigenvalue weighted by atomic mass is 9.97. The second-order valence-electron chi connectivity index (χ2n) is 10.6. The number of carbonyl (C=O) groups excluding carboxylic acids is 4. The molecule has 10 nitrogen and oxygen atoms in total. The van der Waals surface area contributed by atoms with Gasteiger partial charge in [0.1, 0.15) is 0 Å². The number of likely N-dealkylation sites (tertiary alicyclic amines) is 1. The number of imide groups is 1. The van der Waals surface area contributed by atoms with Gasteiger partial charge in [0.05, 0.1) is 17.7 Å². The van der Waals surface area contributed by atoms with Crippen LogP contribution in [0.5, 0.6) is 0 Å². The summed E-state index contributed by atoms with van der Waals surface area (Å²) in [6.07, 6.45) is 4.99. The summed E-state index contributed by atoms with van der Waals surface area (Å²) in [7, 11) is 0. The summed E-state index contributed by atoms with van der Waals surface area (Å²) in [5.74, 6) is -0.587. The third-order valence-corrected chi connectivity index (χ3v) is 8.25. The van der Waals surface area contributed by atoms with Crippen molar-refractivity contribution in [1.29, 1.82) is 0 Å². The molecule has 0 atom stereocenters. The minimum atomic E-state index is -0.454. The van der Waals surface area contributed by atoms with Crippen LogP contribution >= 0.6 is 0 Å². The molecule has 10 heteroatoms. The standard InChI is InChI=1S/C29H32N6O4/c30-28(38)20-5-4-19-6-13-33(17-21(19)16-20)27(37)18-32-11-7-22(8-12-32)34-14-9-23-24(34)2-1-3-25(23)35-15-10-26(36)31-29(35)39/h1-5,9,14,16,22H,6-8,10-13,15,17-18H2,(H2,30,38)(H,31,36,39). The molecule has 2 saturated heterocycles. The van der Waals surface area contributed by atoms with Crippen LogP contribution in [-0.4, -0.2) is 70.8 Å². The summed E-state index contributed by atoms with van der Waals surface area (Å²) in [6.45, 7) is 3.59. The van der Waals surface area contributed by atoms with Crippen LogP contribution in [0.4, 0.5) is 10.5 Å². The Labute approximate surface area is 226 Å². The molecule has 0 unspecified atom stereocenters. The Bertz CT molecular complexity index is 1470. The summed E-state index contributed by atoms with van der Waals surface area (Å²) in [4.78, 5) is 54.5. The number of nitrogens with two attached hydrogens (primary N) is 1. The van der Waals surface area contributed by atoms with Gasteiger partial charge in [-0.3, -0.25) is 29.5 Å². The lowest BCUT2D eigenvalue weighted by Crippen LogP contribution is -2.49. The molecule has 202 valence electrons. The number of carbonyl (C=O) groups is 4. The molecule has 0 saturated carbocycles. The zero-order valence-electron chi connectivity index (χ0n) is 21.8. The van der Waals surface area contributed by atoms with Crippen molar-refractivity contribution >= 4 is 40.3 Å². The molecule has 2 fully saturated rings. The number of fused-ring (bicyclic) bond motifs is 2. The molecular weight excluding hydrogens is 496 g/mol. The van der Waals surface area contributed by atoms with E-state index in [1.165, 1.54) is 5.56 Å². The average molecular weight is 529 g/mol. The van der Waals surface area contributed by atoms with Crippen molar-refractivity contribution in [3.05, 3.63) is 65.4 Å². The fourth-order valence-electron chi connectivity index (χ4n) is 6.09. The first kappa shape index (κ1) is 25.1. The number of benzene rings is 2. The van der Waals surface area contributed by atoms with Crippen LogP contribution in [0.15, 0.2) is 48.7 Å². The molecule has 5 amide bonds. The van der Waals surface area contributed by atoms with E-state index >= 15 is 0 Å². The number of nitrogens with zero attached hydrogens (tertiary/aromatic N) is 4. The fourth-order valence-corrected chi connectivity index (χ4v) is 6.09. The zero-order chi connectivity index (χ0) is 27.1. The highest BCUT2D eigenvalue weighted by Gasteiger charge is 2.29. The quantitative estimate of drug-likeness (QED) is 0.527. The maximum absolute atomic E-state index is 13.1. The van der Waals surface area contributed by atoms with E-state index < -0.39 is 5.91 Å². The minimum Gasteiger partial charge on any atom is -0.366 e. The van der Waals surface area contributed by atoms with Crippen molar-refractivity contribution in [2.24, 2.45) is 5.73 Å². The van der Waals surface area contributed by atoms with E-state index in [2.05, 4.69) is 27.0 Å². The molecule has 3 aliphatic rings. The van der Waals surface area contributed by atoms with Crippen LogP contribution in [-0.2, 0) is 22.6 Å². The number of piperidine rings is 1. The molecule has 4 heterocycles. The van der Waals surface area contributed by atoms with Gasteiger partial charge in [0, 0.05) is 62.3 Å². The monoisotopic (exact) mass is 528 g/mol. The maximum Gasteiger partial charge on any atom is 0.328 e. The van der Waals surface area contributed by atoms with Gasteiger partial charge in [-0.1, -0.05) is 12.1 Å². The van der Waals surface area contributed by atoms with Gasteiger partial charge in [0.2, 0.25) is 17.7 Å². The smallest absolute Gasteiger partial charge is 0.328 e. The zero-order valence-corrected chi connectivity index (χ0v) is 21.8. The number of urea groups is 1. The van der Waals surface area contributed by atoms with Crippen LogP contribution in [0, 0.1) is 0 Å². The largest absolute Gasteiger partial charge is 0.366 e. The summed E-state index contributed by atoms with van der Waals surface area (Å²) in [5.41, 5.74) is 9.95. The third-order valence-electron chi connectivity index (χ3n) is 8.25. The van der Waals surface area contributed by atoms with Crippen LogP contribution in [0.2, 0.25) is 0 Å². The van der Waals surface area contributed by atoms with E-state index in [1.807, 2.05) is 35.2 Å². The van der Waals surface area contributed by atoms with E-state index in [0.717, 1.165) is 54.5 Å². The molecule has 0 aliphatic carbocycles. The number of anilines is 1. The maximum atomic E-state index is 13.1. The van der Waals surface area contributed by atoms with E-state index in [0.29, 0.717) is 44.2 Å². The third kappa shape index (κ3) is 4.87. The molecule has 0 radical (unpaired) electrons. The van der Waals surface area contributed by atoms with Gasteiger partial charge >= 0.3 is 6.03 Å². The summed E-state index contributed by atoms with van der Waals surface area (Å²) in [6, 6.07) is 13.4. The van der Waals surface area contributed by atoms with E-state index in [1.54, 1.807) is 11.0 Å². The van der Waals surface area contributed by atoms with Gasteiger partial charge in [-0.25, -0.2) is 4.79 Å². The summed E-state index contributed by atoms with van der Waals surface area (Å²) in [5, 5.41) is 3.40. The highest BCUT2D eigenvalue weighted by atomic mass is 16.2. The Hall–Kier alpha value is -4.18. The van der Waals surface area contributed by atoms with Gasteiger partial charge in [-0.05, 0) is 60.7 Å². The van der Waals surface area contributed by atoms with Gasteiger partial charge in [-0.15, -0.1) is 0 Å². The topological polar surface area (TPSA) is 121 Å². The number of hydrogen-bond donors (Lipinski definition) is 2. The number of primary amides is 1. The van der Waals surface area contributed by atoms with E-state index in [-0.39, 0.29) is 17.8 Å². The number of nitrogens with one attached hydrogen (secondary N) is 1. The van der Waals surface area contributed by atoms with E-state index in [4.69, 9.17) is 5.73 Å². The first-order chi connectivity index (χ1) is 18.9. The lowest BCUT2D eigenvalue weighted by Gasteiger charge is -2.35. The van der Waals surface area contributed by atoms with Crippen molar-refractivity contribution < 1.29 is 19.2 Å². The van der Waals surface area contributed by atoms with Gasteiger partial charge in [-0.2, -0.15) is 0 Å². The molecule has 1 aromatic heterocycles. The fraction of sp³-hybridized carbons (Fsp3) is 0.379. The normalized spacial score (nSPS) is 18.8. The molecular formula is C29H32N6O4. The predicted molar refractivity (Wildman–Crippen MR) is 146 cm³/mol. The molecule has 39 heavy (non-hydrogen) atoms. The predicted octanol–water partition coefficient (Wildman–Crippen LogP) is 2.41. The highest BCUT2D eigenvalue weighted by molar-refractivity contribution is 6.09. The summed E-state index contributed by atoms with van der Waals surface area (Å²) < 4.78 is 2.28. The SMILES string of the molecule is NC(=O)c1ccc2c(c1)CN(C(=O)CN1CCC(n3ccc4c(N5CCC(=O)NC5=O)cccc43)CC1)CC2. The number of amides is 5. The van der Waals surface area contributed by atoms with Crippen molar-refractivity contribution in [3.63, 3.8) is 0 Å². The Morgan fingerprint density at radius 3 is 2.54 bits per heavy atom. The van der Waals surface area contributed by atoms with Crippen molar-refractivity contribution in [1.82, 2.24) is 19.7 Å². The Kier molecular flexibility index (Phi) is 6.56. The Morgan fingerprint density at radius 1 is 0.949 bits per heavy atom. The van der Waals surface area contributed by atoms with Gasteiger partial charge in [0.25, 0.3) is 0 Å². The first-order valence-corrected chi connectivity index (χ1v) is 13.5. The van der Waals surface area contributed by atoms with E-state index in [9.17, 15) is 19.2 Å². The molecule has 3 aliphatic heterocycles. The Balaban J connectivity index is 1.08. The van der Waals surface area contributed by atoms with Crippen molar-refractivity contribution in [3.8, 4) is 0 Å². The summed E-state index contributed by atoms with van der Waals surface area (Å²) >= 11 is 0. The van der Waals surface area contributed by atoms with Crippen LogP contribution in [0.1, 0.15) is 46.8 Å². The van der Waals surface area contributed by atoms with Crippen LogP contribution < -0.4 is 16.0 Å². The lowest BCUT2D eigenvalue weighted by molar-refractivity contribution is -0.133. The van der Waals surface area contributed by atoms with Crippen LogP contribution in [0.25, 0.3) is 10.9 Å². The van der Waals surface area contributed by atoms with Crippen molar-refractivity contribution in [2.75, 3.05) is 37.6 Å². The minimum absolute atomic E-state index is 0.109. The molecule has 0 bridgehead atoms. The molecule has 6 rings (SSSR count). The first-order valence-electron chi connectivity index (χ1n) is 13.5. The highest BCUT2D eigenvalue weighted by Crippen LogP contribution is 2.33. The molecule has 0 spiro atoms. The second-order valence-corrected chi connectivity index (χ2v) is 10.6. The molecule has 3 N–H and O–H groups in total. The van der Waals surface area contributed by atoms with Gasteiger partial charge in [0.15, 0.2) is 0 Å². The Morgan fingerprint density at radius 2 is 1.77 bits per heavy atom. The van der Waals surface area contributed by atoms with Gasteiger partial charge < -0.3 is 15.2 Å². The molecule has 3 aromatic rings. The number of aromatic nitrogens is 1. The molecule has 2 aromatic carbocycles. The number of rotatable bonds is 5. The van der Waals surface area contributed by atoms with Crippen molar-refractivity contribution in [2.45, 2.75) is 38.3 Å². The average Bonchev–Trinajstić information content (AvgIpc) is 3.37.